The Morgan fingerprint density at radius 2 is 0.600 bits per heavy atom. The average molecular weight is 631 g/mol. The largest absolute Gasteiger partial charge is 0.377 e. The lowest BCUT2D eigenvalue weighted by molar-refractivity contribution is -0.160. The second-order valence-electron chi connectivity index (χ2n) is 16.0. The Hall–Kier alpha value is -1.26. The quantitative estimate of drug-likeness (QED) is 0.453. The number of hydrogen-bond donors (Lipinski definition) is 0. The van der Waals surface area contributed by atoms with E-state index in [1.807, 2.05) is 9.80 Å². The normalized spacial score (nSPS) is 42.0. The van der Waals surface area contributed by atoms with E-state index in [4.69, 9.17) is 23.7 Å². The first kappa shape index (κ1) is 32.3. The van der Waals surface area contributed by atoms with Crippen molar-refractivity contribution in [2.24, 2.45) is 46.3 Å². The molecule has 9 rings (SSSR count). The highest BCUT2D eigenvalue weighted by Crippen LogP contribution is 2.61. The SMILES string of the molecule is O=C(N1CCOCCOCCOCCN(C(=O)C23CC4CC(CC(C4)C2)C3)CCOCCOCC1)C12CC3CC(CC(C3)C1)C2. The molecular weight excluding hydrogens is 572 g/mol. The van der Waals surface area contributed by atoms with Gasteiger partial charge in [0.05, 0.1) is 76.9 Å². The summed E-state index contributed by atoms with van der Waals surface area (Å²) in [5.41, 5.74) is -0.320. The smallest absolute Gasteiger partial charge is 0.228 e. The summed E-state index contributed by atoms with van der Waals surface area (Å²) in [5, 5.41) is 0. The zero-order chi connectivity index (χ0) is 30.7. The van der Waals surface area contributed by atoms with Crippen LogP contribution in [0.2, 0.25) is 0 Å². The third kappa shape index (κ3) is 7.43. The molecule has 0 spiro atoms. The molecule has 0 unspecified atom stereocenters. The van der Waals surface area contributed by atoms with Gasteiger partial charge in [0.25, 0.3) is 0 Å². The van der Waals surface area contributed by atoms with Gasteiger partial charge in [0.15, 0.2) is 0 Å². The molecule has 1 aliphatic heterocycles. The van der Waals surface area contributed by atoms with Crippen molar-refractivity contribution in [3.63, 3.8) is 0 Å². The van der Waals surface area contributed by atoms with Gasteiger partial charge >= 0.3 is 0 Å². The van der Waals surface area contributed by atoms with Gasteiger partial charge in [0.1, 0.15) is 0 Å². The van der Waals surface area contributed by atoms with Crippen LogP contribution in [0.1, 0.15) is 77.0 Å². The highest BCUT2D eigenvalue weighted by atomic mass is 16.5. The van der Waals surface area contributed by atoms with E-state index >= 15 is 0 Å². The maximum Gasteiger partial charge on any atom is 0.228 e. The summed E-state index contributed by atoms with van der Waals surface area (Å²) in [6, 6.07) is 0. The third-order valence-electron chi connectivity index (χ3n) is 12.7. The molecule has 9 nitrogen and oxygen atoms in total. The van der Waals surface area contributed by atoms with Gasteiger partial charge in [-0.2, -0.15) is 0 Å². The predicted octanol–water partition coefficient (Wildman–Crippen LogP) is 4.17. The minimum Gasteiger partial charge on any atom is -0.377 e. The van der Waals surface area contributed by atoms with Crippen LogP contribution in [-0.2, 0) is 33.3 Å². The van der Waals surface area contributed by atoms with Crippen LogP contribution >= 0.6 is 0 Å². The van der Waals surface area contributed by atoms with Crippen LogP contribution in [0.4, 0.5) is 0 Å². The Morgan fingerprint density at radius 3 is 0.844 bits per heavy atom. The number of carbonyl (C=O) groups is 2. The third-order valence-corrected chi connectivity index (χ3v) is 12.7. The van der Waals surface area contributed by atoms with Gasteiger partial charge in [-0.25, -0.2) is 0 Å². The van der Waals surface area contributed by atoms with Crippen LogP contribution in [0.15, 0.2) is 0 Å². The van der Waals surface area contributed by atoms with E-state index in [-0.39, 0.29) is 10.8 Å². The van der Waals surface area contributed by atoms with Crippen LogP contribution in [0.25, 0.3) is 0 Å². The Morgan fingerprint density at radius 1 is 0.378 bits per heavy atom. The van der Waals surface area contributed by atoms with Crippen molar-refractivity contribution < 1.29 is 33.3 Å². The van der Waals surface area contributed by atoms with E-state index < -0.39 is 0 Å². The van der Waals surface area contributed by atoms with Crippen LogP contribution in [0, 0.1) is 46.3 Å². The Kier molecular flexibility index (Phi) is 10.4. The molecule has 0 N–H and O–H groups in total. The molecule has 2 amide bonds. The summed E-state index contributed by atoms with van der Waals surface area (Å²) in [6.45, 7) is 7.36. The average Bonchev–Trinajstić information content (AvgIpc) is 3.00. The van der Waals surface area contributed by atoms with E-state index in [1.165, 1.54) is 38.5 Å². The van der Waals surface area contributed by atoms with Crippen LogP contribution < -0.4 is 0 Å². The first-order valence-electron chi connectivity index (χ1n) is 18.5. The molecule has 1 heterocycles. The first-order valence-corrected chi connectivity index (χ1v) is 18.5. The fourth-order valence-electron chi connectivity index (χ4n) is 11.6. The summed E-state index contributed by atoms with van der Waals surface area (Å²) in [5.74, 6) is 5.10. The summed E-state index contributed by atoms with van der Waals surface area (Å²) in [4.78, 5) is 32.2. The molecule has 0 aromatic rings. The molecule has 9 heteroatoms. The monoisotopic (exact) mass is 630 g/mol. The van der Waals surface area contributed by atoms with Crippen LogP contribution in [0.3, 0.4) is 0 Å². The van der Waals surface area contributed by atoms with Crippen molar-refractivity contribution in [3.05, 3.63) is 0 Å². The molecule has 8 aliphatic carbocycles. The van der Waals surface area contributed by atoms with E-state index in [0.717, 1.165) is 74.0 Å². The molecule has 45 heavy (non-hydrogen) atoms. The second kappa shape index (κ2) is 14.5. The summed E-state index contributed by atoms with van der Waals surface area (Å²) in [7, 11) is 0. The van der Waals surface area contributed by atoms with Crippen molar-refractivity contribution in [1.29, 1.82) is 0 Å². The molecule has 0 radical (unpaired) electrons. The number of carbonyl (C=O) groups excluding carboxylic acids is 2. The second-order valence-corrected chi connectivity index (χ2v) is 16.0. The Balaban J connectivity index is 0.920. The highest BCUT2D eigenvalue weighted by Gasteiger charge is 2.56. The zero-order valence-corrected chi connectivity index (χ0v) is 27.6. The summed E-state index contributed by atoms with van der Waals surface area (Å²) in [6.07, 6.45) is 14.4. The molecule has 1 saturated heterocycles. The van der Waals surface area contributed by atoms with Gasteiger partial charge < -0.3 is 33.5 Å². The van der Waals surface area contributed by atoms with Crippen molar-refractivity contribution in [2.45, 2.75) is 77.0 Å². The van der Waals surface area contributed by atoms with Gasteiger partial charge in [0.2, 0.25) is 11.8 Å². The molecule has 254 valence electrons. The minimum atomic E-state index is -0.160. The van der Waals surface area contributed by atoms with E-state index in [2.05, 4.69) is 0 Å². The number of amides is 2. The van der Waals surface area contributed by atoms with Gasteiger partial charge in [-0.05, 0) is 113 Å². The van der Waals surface area contributed by atoms with Crippen LogP contribution in [0.5, 0.6) is 0 Å². The molecular formula is C36H58N2O7. The standard InChI is InChI=1S/C36H58N2O7/c39-33(35-21-27-15-28(22-35)17-29(16-27)23-35)37-1-5-41-9-10-42-6-2-38(4-8-44-12-14-45-13-11-43-7-3-37)34(40)36-24-30-18-31(25-36)20-32(19-30)26-36/h27-32H,1-26H2. The number of ether oxygens (including phenoxy) is 5. The topological polar surface area (TPSA) is 86.8 Å². The van der Waals surface area contributed by atoms with Crippen molar-refractivity contribution in [3.8, 4) is 0 Å². The number of nitrogens with zero attached hydrogens (tertiary/aromatic N) is 2. The van der Waals surface area contributed by atoms with Gasteiger partial charge in [0, 0.05) is 26.2 Å². The van der Waals surface area contributed by atoms with Crippen LogP contribution in [-0.4, -0.2) is 114 Å². The highest BCUT2D eigenvalue weighted by molar-refractivity contribution is 5.84. The lowest BCUT2D eigenvalue weighted by Gasteiger charge is -2.56. The maximum atomic E-state index is 14.1. The molecule has 0 atom stereocenters. The fourth-order valence-corrected chi connectivity index (χ4v) is 11.6. The minimum absolute atomic E-state index is 0.160. The van der Waals surface area contributed by atoms with E-state index in [1.54, 1.807) is 0 Å². The van der Waals surface area contributed by atoms with Crippen molar-refractivity contribution in [2.75, 3.05) is 92.2 Å². The lowest BCUT2D eigenvalue weighted by atomic mass is 9.49. The molecule has 8 bridgehead atoms. The number of hydrogen-bond acceptors (Lipinski definition) is 7. The van der Waals surface area contributed by atoms with Crippen molar-refractivity contribution in [1.82, 2.24) is 9.80 Å². The molecule has 9 aliphatic rings. The summed E-state index contributed by atoms with van der Waals surface area (Å²) < 4.78 is 29.6. The molecule has 8 saturated carbocycles. The van der Waals surface area contributed by atoms with E-state index in [0.29, 0.717) is 104 Å². The van der Waals surface area contributed by atoms with Gasteiger partial charge in [-0.3, -0.25) is 9.59 Å². The number of rotatable bonds is 2. The fraction of sp³-hybridized carbons (Fsp3) is 0.944. The van der Waals surface area contributed by atoms with Gasteiger partial charge in [-0.1, -0.05) is 0 Å². The van der Waals surface area contributed by atoms with E-state index in [9.17, 15) is 9.59 Å². The lowest BCUT2D eigenvalue weighted by Crippen LogP contribution is -2.55. The van der Waals surface area contributed by atoms with Gasteiger partial charge in [-0.15, -0.1) is 0 Å². The predicted molar refractivity (Wildman–Crippen MR) is 168 cm³/mol. The maximum absolute atomic E-state index is 14.1. The van der Waals surface area contributed by atoms with Crippen molar-refractivity contribution >= 4 is 11.8 Å². The summed E-state index contributed by atoms with van der Waals surface area (Å²) >= 11 is 0. The Bertz CT molecular complexity index is 871. The Labute approximate surface area is 270 Å². The first-order chi connectivity index (χ1) is 22.0. The molecule has 0 aromatic carbocycles. The molecule has 9 fully saturated rings. The molecule has 0 aromatic heterocycles. The zero-order valence-electron chi connectivity index (χ0n) is 27.6.